The Morgan fingerprint density at radius 1 is 1.29 bits per heavy atom. The molecule has 0 saturated carbocycles. The van der Waals surface area contributed by atoms with Crippen molar-refractivity contribution < 1.29 is 4.79 Å². The first-order valence-electron chi connectivity index (χ1n) is 7.82. The average molecular weight is 285 g/mol. The highest BCUT2D eigenvalue weighted by Crippen LogP contribution is 2.14. The standard InChI is InChI=1S/C17H23N3O/c1-13(17(21)20-9-3-2-4-10-20)19-12-14-5-6-16-15(11-14)7-8-18-16/h5-8,11,13,18-19H,2-4,9-10,12H2,1H3. The Labute approximate surface area is 125 Å². The number of aromatic nitrogens is 1. The first-order chi connectivity index (χ1) is 10.2. The lowest BCUT2D eigenvalue weighted by molar-refractivity contribution is -0.133. The van der Waals surface area contributed by atoms with E-state index in [1.165, 1.54) is 17.4 Å². The molecule has 1 unspecified atom stereocenters. The molecular formula is C17H23N3O. The van der Waals surface area contributed by atoms with Crippen LogP contribution >= 0.6 is 0 Å². The molecule has 0 bridgehead atoms. The summed E-state index contributed by atoms with van der Waals surface area (Å²) in [6, 6.07) is 8.30. The van der Waals surface area contributed by atoms with Gasteiger partial charge in [-0.3, -0.25) is 4.79 Å². The van der Waals surface area contributed by atoms with Gasteiger partial charge in [0.1, 0.15) is 0 Å². The van der Waals surface area contributed by atoms with E-state index in [0.717, 1.165) is 38.0 Å². The minimum Gasteiger partial charge on any atom is -0.361 e. The van der Waals surface area contributed by atoms with Gasteiger partial charge in [-0.25, -0.2) is 0 Å². The summed E-state index contributed by atoms with van der Waals surface area (Å²) in [7, 11) is 0. The van der Waals surface area contributed by atoms with Crippen molar-refractivity contribution in [1.29, 1.82) is 0 Å². The van der Waals surface area contributed by atoms with E-state index in [-0.39, 0.29) is 11.9 Å². The van der Waals surface area contributed by atoms with Crippen molar-refractivity contribution in [3.8, 4) is 0 Å². The fourth-order valence-corrected chi connectivity index (χ4v) is 2.96. The van der Waals surface area contributed by atoms with Gasteiger partial charge in [0.05, 0.1) is 6.04 Å². The number of nitrogens with one attached hydrogen (secondary N) is 2. The van der Waals surface area contributed by atoms with Crippen LogP contribution in [-0.2, 0) is 11.3 Å². The minimum absolute atomic E-state index is 0.120. The number of hydrogen-bond acceptors (Lipinski definition) is 2. The zero-order valence-electron chi connectivity index (χ0n) is 12.6. The monoisotopic (exact) mass is 285 g/mol. The number of rotatable bonds is 4. The highest BCUT2D eigenvalue weighted by Gasteiger charge is 2.21. The minimum atomic E-state index is -0.120. The number of aromatic amines is 1. The van der Waals surface area contributed by atoms with Crippen molar-refractivity contribution in [1.82, 2.24) is 15.2 Å². The SMILES string of the molecule is CC(NCc1ccc2[nH]ccc2c1)C(=O)N1CCCCC1. The zero-order chi connectivity index (χ0) is 14.7. The third-order valence-corrected chi connectivity index (χ3v) is 4.27. The van der Waals surface area contributed by atoms with Gasteiger partial charge in [-0.1, -0.05) is 6.07 Å². The molecule has 0 spiro atoms. The zero-order valence-corrected chi connectivity index (χ0v) is 12.6. The van der Waals surface area contributed by atoms with Crippen molar-refractivity contribution in [2.24, 2.45) is 0 Å². The number of nitrogens with zero attached hydrogens (tertiary/aromatic N) is 1. The van der Waals surface area contributed by atoms with Gasteiger partial charge in [0.25, 0.3) is 0 Å². The number of carbonyl (C=O) groups excluding carboxylic acids is 1. The number of piperidine rings is 1. The van der Waals surface area contributed by atoms with Crippen molar-refractivity contribution in [3.63, 3.8) is 0 Å². The first kappa shape index (κ1) is 14.1. The Morgan fingerprint density at radius 2 is 2.10 bits per heavy atom. The lowest BCUT2D eigenvalue weighted by atomic mass is 10.1. The van der Waals surface area contributed by atoms with Crippen LogP contribution < -0.4 is 5.32 Å². The van der Waals surface area contributed by atoms with Gasteiger partial charge in [0.15, 0.2) is 0 Å². The molecule has 0 aliphatic carbocycles. The molecule has 3 rings (SSSR count). The molecule has 1 amide bonds. The van der Waals surface area contributed by atoms with Gasteiger partial charge in [0, 0.05) is 31.3 Å². The van der Waals surface area contributed by atoms with Crippen LogP contribution in [0.5, 0.6) is 0 Å². The van der Waals surface area contributed by atoms with Crippen LogP contribution in [0.3, 0.4) is 0 Å². The molecule has 2 heterocycles. The molecular weight excluding hydrogens is 262 g/mol. The summed E-state index contributed by atoms with van der Waals surface area (Å²) in [4.78, 5) is 17.5. The van der Waals surface area contributed by atoms with Gasteiger partial charge in [-0.15, -0.1) is 0 Å². The van der Waals surface area contributed by atoms with Gasteiger partial charge in [0.2, 0.25) is 5.91 Å². The molecule has 0 radical (unpaired) electrons. The summed E-state index contributed by atoms with van der Waals surface area (Å²) >= 11 is 0. The Kier molecular flexibility index (Phi) is 4.25. The predicted molar refractivity (Wildman–Crippen MR) is 85.0 cm³/mol. The van der Waals surface area contributed by atoms with Crippen LogP contribution in [0, 0.1) is 0 Å². The molecule has 1 aromatic carbocycles. The molecule has 1 saturated heterocycles. The van der Waals surface area contributed by atoms with Crippen LogP contribution in [0.2, 0.25) is 0 Å². The normalized spacial score (nSPS) is 17.1. The van der Waals surface area contributed by atoms with Crippen molar-refractivity contribution in [2.45, 2.75) is 38.8 Å². The average Bonchev–Trinajstić information content (AvgIpc) is 3.00. The Bertz CT molecular complexity index is 613. The van der Waals surface area contributed by atoms with Gasteiger partial charge in [-0.2, -0.15) is 0 Å². The topological polar surface area (TPSA) is 48.1 Å². The Morgan fingerprint density at radius 3 is 2.90 bits per heavy atom. The van der Waals surface area contributed by atoms with E-state index in [1.807, 2.05) is 18.0 Å². The molecule has 112 valence electrons. The summed E-state index contributed by atoms with van der Waals surface area (Å²) in [6.45, 7) is 4.52. The third kappa shape index (κ3) is 3.27. The van der Waals surface area contributed by atoms with Gasteiger partial charge < -0.3 is 15.2 Å². The molecule has 4 heteroatoms. The molecule has 1 aliphatic heterocycles. The molecule has 1 aliphatic rings. The lowest BCUT2D eigenvalue weighted by Gasteiger charge is -2.29. The maximum absolute atomic E-state index is 12.3. The maximum Gasteiger partial charge on any atom is 0.239 e. The number of amides is 1. The molecule has 1 aromatic heterocycles. The number of benzene rings is 1. The van der Waals surface area contributed by atoms with Crippen molar-refractivity contribution in [3.05, 3.63) is 36.0 Å². The summed E-state index contributed by atoms with van der Waals surface area (Å²) in [5, 5.41) is 4.56. The summed E-state index contributed by atoms with van der Waals surface area (Å²) < 4.78 is 0. The second-order valence-corrected chi connectivity index (χ2v) is 5.89. The highest BCUT2D eigenvalue weighted by molar-refractivity contribution is 5.82. The number of likely N-dealkylation sites (tertiary alicyclic amines) is 1. The van der Waals surface area contributed by atoms with Crippen LogP contribution in [0.4, 0.5) is 0 Å². The summed E-state index contributed by atoms with van der Waals surface area (Å²) in [5.41, 5.74) is 2.36. The Hall–Kier alpha value is -1.81. The molecule has 4 nitrogen and oxygen atoms in total. The van der Waals surface area contributed by atoms with Gasteiger partial charge >= 0.3 is 0 Å². The van der Waals surface area contributed by atoms with E-state index in [1.54, 1.807) is 0 Å². The van der Waals surface area contributed by atoms with Crippen LogP contribution in [-0.4, -0.2) is 34.9 Å². The van der Waals surface area contributed by atoms with Gasteiger partial charge in [-0.05, 0) is 55.3 Å². The van der Waals surface area contributed by atoms with E-state index < -0.39 is 0 Å². The second kappa shape index (κ2) is 6.31. The van der Waals surface area contributed by atoms with Crippen molar-refractivity contribution >= 4 is 16.8 Å². The predicted octanol–water partition coefficient (Wildman–Crippen LogP) is 2.66. The lowest BCUT2D eigenvalue weighted by Crippen LogP contribution is -2.46. The maximum atomic E-state index is 12.3. The fraction of sp³-hybridized carbons (Fsp3) is 0.471. The quantitative estimate of drug-likeness (QED) is 0.907. The third-order valence-electron chi connectivity index (χ3n) is 4.27. The number of hydrogen-bond donors (Lipinski definition) is 2. The van der Waals surface area contributed by atoms with E-state index in [4.69, 9.17) is 0 Å². The summed E-state index contributed by atoms with van der Waals surface area (Å²) in [5.74, 6) is 0.234. The van der Waals surface area contributed by atoms with E-state index in [9.17, 15) is 4.79 Å². The van der Waals surface area contributed by atoms with Crippen LogP contribution in [0.15, 0.2) is 30.5 Å². The first-order valence-corrected chi connectivity index (χ1v) is 7.82. The fourth-order valence-electron chi connectivity index (χ4n) is 2.96. The molecule has 1 fully saturated rings. The van der Waals surface area contributed by atoms with E-state index >= 15 is 0 Å². The molecule has 2 N–H and O–H groups in total. The number of H-pyrrole nitrogens is 1. The number of fused-ring (bicyclic) bond motifs is 1. The highest BCUT2D eigenvalue weighted by atomic mass is 16.2. The molecule has 2 aromatic rings. The van der Waals surface area contributed by atoms with E-state index in [0.29, 0.717) is 0 Å². The molecule has 21 heavy (non-hydrogen) atoms. The number of carbonyl (C=O) groups is 1. The van der Waals surface area contributed by atoms with E-state index in [2.05, 4.69) is 34.6 Å². The largest absolute Gasteiger partial charge is 0.361 e. The molecule has 1 atom stereocenters. The second-order valence-electron chi connectivity index (χ2n) is 5.89. The smallest absolute Gasteiger partial charge is 0.239 e. The van der Waals surface area contributed by atoms with Crippen LogP contribution in [0.1, 0.15) is 31.7 Å². The Balaban J connectivity index is 1.56. The summed E-state index contributed by atoms with van der Waals surface area (Å²) in [6.07, 6.45) is 5.48. The van der Waals surface area contributed by atoms with Crippen molar-refractivity contribution in [2.75, 3.05) is 13.1 Å². The van der Waals surface area contributed by atoms with Crippen LogP contribution in [0.25, 0.3) is 10.9 Å².